The number of nitrogens with one attached hydrogen (secondary N) is 1. The van der Waals surface area contributed by atoms with Crippen molar-refractivity contribution in [2.75, 3.05) is 18.9 Å². The topological polar surface area (TPSA) is 64.4 Å². The van der Waals surface area contributed by atoms with Crippen LogP contribution >= 0.6 is 15.9 Å². The molecule has 0 radical (unpaired) electrons. The molecule has 20 heavy (non-hydrogen) atoms. The lowest BCUT2D eigenvalue weighted by molar-refractivity contribution is 0.0581. The smallest absolute Gasteiger partial charge is 0.251 e. The average molecular weight is 341 g/mol. The number of halogens is 1. The van der Waals surface area contributed by atoms with Gasteiger partial charge in [0.1, 0.15) is 0 Å². The second-order valence-corrected chi connectivity index (χ2v) is 6.12. The van der Waals surface area contributed by atoms with E-state index in [1.807, 2.05) is 6.92 Å². The molecule has 0 unspecified atom stereocenters. The van der Waals surface area contributed by atoms with E-state index in [1.54, 1.807) is 12.1 Å². The van der Waals surface area contributed by atoms with Gasteiger partial charge in [-0.1, -0.05) is 28.8 Å². The van der Waals surface area contributed by atoms with E-state index in [2.05, 4.69) is 21.2 Å². The van der Waals surface area contributed by atoms with Gasteiger partial charge in [-0.3, -0.25) is 4.79 Å². The van der Waals surface area contributed by atoms with Gasteiger partial charge in [0.05, 0.1) is 12.7 Å². The maximum atomic E-state index is 12.1. The molecule has 2 rings (SSSR count). The number of hydrogen-bond donors (Lipinski definition) is 2. The lowest BCUT2D eigenvalue weighted by Gasteiger charge is -2.13. The van der Waals surface area contributed by atoms with Crippen LogP contribution < -0.4 is 11.1 Å². The highest BCUT2D eigenvalue weighted by atomic mass is 79.9. The molecule has 1 saturated carbocycles. The lowest BCUT2D eigenvalue weighted by Crippen LogP contribution is -2.29. The van der Waals surface area contributed by atoms with Crippen LogP contribution in [0.4, 0.5) is 5.69 Å². The summed E-state index contributed by atoms with van der Waals surface area (Å²) in [6.07, 6.45) is 5.20. The second kappa shape index (κ2) is 7.09. The predicted molar refractivity (Wildman–Crippen MR) is 83.8 cm³/mol. The van der Waals surface area contributed by atoms with Crippen LogP contribution in [0.25, 0.3) is 0 Å². The summed E-state index contributed by atoms with van der Waals surface area (Å²) in [6.45, 7) is 2.95. The van der Waals surface area contributed by atoms with E-state index in [4.69, 9.17) is 10.5 Å². The third-order valence-corrected chi connectivity index (χ3v) is 4.16. The summed E-state index contributed by atoms with van der Waals surface area (Å²) in [7, 11) is 0. The Morgan fingerprint density at radius 2 is 2.15 bits per heavy atom. The first-order chi connectivity index (χ1) is 9.58. The molecule has 0 bridgehead atoms. The molecule has 5 heteroatoms. The van der Waals surface area contributed by atoms with Crippen LogP contribution in [-0.4, -0.2) is 25.2 Å². The molecule has 1 amide bonds. The van der Waals surface area contributed by atoms with Gasteiger partial charge in [-0.05, 0) is 37.5 Å². The lowest BCUT2D eigenvalue weighted by atomic mass is 10.1. The minimum atomic E-state index is -0.106. The summed E-state index contributed by atoms with van der Waals surface area (Å²) in [5.74, 6) is -0.106. The zero-order valence-electron chi connectivity index (χ0n) is 11.7. The van der Waals surface area contributed by atoms with Crippen molar-refractivity contribution in [1.82, 2.24) is 5.32 Å². The number of nitrogen functional groups attached to an aromatic ring is 1. The third kappa shape index (κ3) is 3.96. The molecular weight excluding hydrogens is 320 g/mol. The molecule has 0 spiro atoms. The first-order valence-electron chi connectivity index (χ1n) is 7.03. The van der Waals surface area contributed by atoms with E-state index in [0.29, 0.717) is 30.5 Å². The number of rotatable bonds is 5. The van der Waals surface area contributed by atoms with Gasteiger partial charge in [-0.2, -0.15) is 0 Å². The van der Waals surface area contributed by atoms with Gasteiger partial charge in [0.15, 0.2) is 0 Å². The van der Waals surface area contributed by atoms with Crippen molar-refractivity contribution < 1.29 is 9.53 Å². The van der Waals surface area contributed by atoms with E-state index in [-0.39, 0.29) is 5.91 Å². The molecule has 0 saturated heterocycles. The van der Waals surface area contributed by atoms with Gasteiger partial charge in [-0.25, -0.2) is 0 Å². The third-order valence-electron chi connectivity index (χ3n) is 3.70. The molecule has 1 fully saturated rings. The molecule has 0 aromatic heterocycles. The Balaban J connectivity index is 1.82. The van der Waals surface area contributed by atoms with Crippen LogP contribution in [0, 0.1) is 6.92 Å². The van der Waals surface area contributed by atoms with Crippen molar-refractivity contribution in [3.8, 4) is 0 Å². The van der Waals surface area contributed by atoms with Crippen LogP contribution in [0.15, 0.2) is 16.6 Å². The highest BCUT2D eigenvalue weighted by Crippen LogP contribution is 2.23. The van der Waals surface area contributed by atoms with Crippen LogP contribution in [-0.2, 0) is 4.74 Å². The fourth-order valence-corrected chi connectivity index (χ4v) is 2.95. The number of carbonyl (C=O) groups excluding carboxylic acids is 1. The monoisotopic (exact) mass is 340 g/mol. The van der Waals surface area contributed by atoms with Gasteiger partial charge in [0.25, 0.3) is 5.91 Å². The summed E-state index contributed by atoms with van der Waals surface area (Å²) in [5, 5.41) is 2.88. The summed E-state index contributed by atoms with van der Waals surface area (Å²) in [4.78, 5) is 12.1. The number of amides is 1. The van der Waals surface area contributed by atoms with Crippen LogP contribution in [0.2, 0.25) is 0 Å². The number of hydrogen-bond acceptors (Lipinski definition) is 3. The standard InChI is InChI=1S/C15H21BrN2O2/c1-10-13(8-11(16)9-14(10)17)15(19)18-6-7-20-12-4-2-3-5-12/h8-9,12H,2-7,17H2,1H3,(H,18,19). The molecule has 0 atom stereocenters. The molecule has 4 nitrogen and oxygen atoms in total. The largest absolute Gasteiger partial charge is 0.398 e. The Morgan fingerprint density at radius 3 is 2.85 bits per heavy atom. The minimum absolute atomic E-state index is 0.106. The van der Waals surface area contributed by atoms with Crippen molar-refractivity contribution in [3.05, 3.63) is 27.7 Å². The Morgan fingerprint density at radius 1 is 1.45 bits per heavy atom. The van der Waals surface area contributed by atoms with Crippen LogP contribution in [0.1, 0.15) is 41.6 Å². The number of carbonyl (C=O) groups is 1. The van der Waals surface area contributed by atoms with E-state index < -0.39 is 0 Å². The van der Waals surface area contributed by atoms with Crippen LogP contribution in [0.3, 0.4) is 0 Å². The fraction of sp³-hybridized carbons (Fsp3) is 0.533. The Kier molecular flexibility index (Phi) is 5.43. The number of benzene rings is 1. The summed E-state index contributed by atoms with van der Waals surface area (Å²) < 4.78 is 6.53. The molecule has 3 N–H and O–H groups in total. The number of anilines is 1. The zero-order valence-corrected chi connectivity index (χ0v) is 13.3. The van der Waals surface area contributed by atoms with Crippen molar-refractivity contribution in [1.29, 1.82) is 0 Å². The highest BCUT2D eigenvalue weighted by Gasteiger charge is 2.15. The molecular formula is C15H21BrN2O2. The summed E-state index contributed by atoms with van der Waals surface area (Å²) in [5.41, 5.74) is 7.90. The van der Waals surface area contributed by atoms with Crippen LogP contribution in [0.5, 0.6) is 0 Å². The zero-order chi connectivity index (χ0) is 14.5. The van der Waals surface area contributed by atoms with E-state index in [1.165, 1.54) is 12.8 Å². The molecule has 110 valence electrons. The first kappa shape index (κ1) is 15.3. The predicted octanol–water partition coefficient (Wildman–Crippen LogP) is 3.03. The highest BCUT2D eigenvalue weighted by molar-refractivity contribution is 9.10. The van der Waals surface area contributed by atoms with Gasteiger partial charge in [0, 0.05) is 22.3 Å². The molecule has 1 aliphatic carbocycles. The molecule has 1 aromatic carbocycles. The van der Waals surface area contributed by atoms with E-state index in [0.717, 1.165) is 22.9 Å². The van der Waals surface area contributed by atoms with Gasteiger partial charge < -0.3 is 15.8 Å². The van der Waals surface area contributed by atoms with Gasteiger partial charge in [-0.15, -0.1) is 0 Å². The first-order valence-corrected chi connectivity index (χ1v) is 7.82. The number of nitrogens with two attached hydrogens (primary N) is 1. The van der Waals surface area contributed by atoms with Crippen molar-refractivity contribution >= 4 is 27.5 Å². The average Bonchev–Trinajstić information content (AvgIpc) is 2.91. The van der Waals surface area contributed by atoms with E-state index >= 15 is 0 Å². The minimum Gasteiger partial charge on any atom is -0.398 e. The Bertz CT molecular complexity index is 485. The Hall–Kier alpha value is -1.07. The summed E-state index contributed by atoms with van der Waals surface area (Å²) >= 11 is 3.36. The quantitative estimate of drug-likeness (QED) is 0.639. The second-order valence-electron chi connectivity index (χ2n) is 5.20. The summed E-state index contributed by atoms with van der Waals surface area (Å²) in [6, 6.07) is 3.59. The molecule has 1 aliphatic rings. The fourth-order valence-electron chi connectivity index (χ4n) is 2.48. The molecule has 0 heterocycles. The normalized spacial score (nSPS) is 15.5. The maximum absolute atomic E-state index is 12.1. The van der Waals surface area contributed by atoms with E-state index in [9.17, 15) is 4.79 Å². The number of ether oxygens (including phenoxy) is 1. The van der Waals surface area contributed by atoms with Crippen molar-refractivity contribution in [2.45, 2.75) is 38.7 Å². The Labute approximate surface area is 128 Å². The maximum Gasteiger partial charge on any atom is 0.251 e. The SMILES string of the molecule is Cc1c(N)cc(Br)cc1C(=O)NCCOC1CCCC1. The molecule has 1 aromatic rings. The molecule has 0 aliphatic heterocycles. The van der Waals surface area contributed by atoms with Crippen molar-refractivity contribution in [2.24, 2.45) is 0 Å². The van der Waals surface area contributed by atoms with Gasteiger partial charge >= 0.3 is 0 Å². The van der Waals surface area contributed by atoms with Crippen molar-refractivity contribution in [3.63, 3.8) is 0 Å². The van der Waals surface area contributed by atoms with Gasteiger partial charge in [0.2, 0.25) is 0 Å².